The van der Waals surface area contributed by atoms with Crippen LogP contribution in [0.25, 0.3) is 5.69 Å². The molecule has 19 heavy (non-hydrogen) atoms. The maximum atomic E-state index is 5.32. The molecule has 0 atom stereocenters. The van der Waals surface area contributed by atoms with Gasteiger partial charge in [0, 0.05) is 32.2 Å². The van der Waals surface area contributed by atoms with Crippen LogP contribution >= 0.6 is 0 Å². The SMILES string of the molecule is CCOCCCNc1nccn1-c1ccccc1C. The second-order valence-corrected chi connectivity index (χ2v) is 4.38. The van der Waals surface area contributed by atoms with E-state index in [0.29, 0.717) is 0 Å². The van der Waals surface area contributed by atoms with Gasteiger partial charge in [-0.2, -0.15) is 0 Å². The molecule has 102 valence electrons. The maximum absolute atomic E-state index is 5.32. The number of nitrogens with one attached hydrogen (secondary N) is 1. The molecule has 0 saturated carbocycles. The van der Waals surface area contributed by atoms with Gasteiger partial charge in [-0.15, -0.1) is 0 Å². The minimum absolute atomic E-state index is 0.776. The number of aryl methyl sites for hydroxylation is 1. The average molecular weight is 259 g/mol. The zero-order chi connectivity index (χ0) is 13.5. The highest BCUT2D eigenvalue weighted by Crippen LogP contribution is 2.17. The summed E-state index contributed by atoms with van der Waals surface area (Å²) in [4.78, 5) is 4.36. The highest BCUT2D eigenvalue weighted by Gasteiger charge is 2.05. The van der Waals surface area contributed by atoms with Gasteiger partial charge < -0.3 is 10.1 Å². The minimum Gasteiger partial charge on any atom is -0.382 e. The molecule has 0 radical (unpaired) electrons. The van der Waals surface area contributed by atoms with Crippen LogP contribution in [0.5, 0.6) is 0 Å². The summed E-state index contributed by atoms with van der Waals surface area (Å²) in [6, 6.07) is 8.29. The summed E-state index contributed by atoms with van der Waals surface area (Å²) in [5.74, 6) is 0.880. The molecule has 4 heteroatoms. The lowest BCUT2D eigenvalue weighted by atomic mass is 10.2. The van der Waals surface area contributed by atoms with Crippen molar-refractivity contribution >= 4 is 5.95 Å². The third kappa shape index (κ3) is 3.58. The lowest BCUT2D eigenvalue weighted by molar-refractivity contribution is 0.147. The number of hydrogen-bond donors (Lipinski definition) is 1. The van der Waals surface area contributed by atoms with E-state index in [-0.39, 0.29) is 0 Å². The molecule has 0 amide bonds. The third-order valence-corrected chi connectivity index (χ3v) is 2.97. The summed E-state index contributed by atoms with van der Waals surface area (Å²) < 4.78 is 7.40. The van der Waals surface area contributed by atoms with Gasteiger partial charge in [0.05, 0.1) is 5.69 Å². The van der Waals surface area contributed by atoms with Crippen molar-refractivity contribution in [3.8, 4) is 5.69 Å². The number of aromatic nitrogens is 2. The Kier molecular flexibility index (Phi) is 4.98. The first-order valence-corrected chi connectivity index (χ1v) is 6.74. The number of benzene rings is 1. The van der Waals surface area contributed by atoms with Crippen LogP contribution in [0, 0.1) is 6.92 Å². The molecule has 0 spiro atoms. The molecule has 1 heterocycles. The number of ether oxygens (including phenoxy) is 1. The van der Waals surface area contributed by atoms with Crippen molar-refractivity contribution in [3.05, 3.63) is 42.2 Å². The molecule has 4 nitrogen and oxygen atoms in total. The van der Waals surface area contributed by atoms with Crippen LogP contribution in [-0.4, -0.2) is 29.3 Å². The summed E-state index contributed by atoms with van der Waals surface area (Å²) in [5, 5.41) is 3.35. The molecule has 2 rings (SSSR count). The highest BCUT2D eigenvalue weighted by atomic mass is 16.5. The number of imidazole rings is 1. The van der Waals surface area contributed by atoms with Crippen LogP contribution in [0.1, 0.15) is 18.9 Å². The molecule has 0 aliphatic carbocycles. The number of hydrogen-bond acceptors (Lipinski definition) is 3. The Morgan fingerprint density at radius 2 is 2.16 bits per heavy atom. The summed E-state index contributed by atoms with van der Waals surface area (Å²) in [7, 11) is 0. The Labute approximate surface area is 114 Å². The highest BCUT2D eigenvalue weighted by molar-refractivity contribution is 5.46. The summed E-state index contributed by atoms with van der Waals surface area (Å²) in [5.41, 5.74) is 2.39. The molecule has 0 aliphatic rings. The van der Waals surface area contributed by atoms with Gasteiger partial charge in [0.2, 0.25) is 5.95 Å². The lowest BCUT2D eigenvalue weighted by Gasteiger charge is -2.11. The molecular formula is C15H21N3O. The molecule has 2 aromatic rings. The van der Waals surface area contributed by atoms with Crippen LogP contribution in [0.2, 0.25) is 0 Å². The van der Waals surface area contributed by atoms with E-state index in [0.717, 1.165) is 37.8 Å². The number of rotatable bonds is 7. The minimum atomic E-state index is 0.776. The molecule has 1 N–H and O–H groups in total. The molecule has 0 unspecified atom stereocenters. The fourth-order valence-electron chi connectivity index (χ4n) is 1.98. The van der Waals surface area contributed by atoms with Gasteiger partial charge >= 0.3 is 0 Å². The van der Waals surface area contributed by atoms with Crippen LogP contribution in [-0.2, 0) is 4.74 Å². The van der Waals surface area contributed by atoms with E-state index in [1.54, 1.807) is 0 Å². The van der Waals surface area contributed by atoms with E-state index in [1.165, 1.54) is 5.56 Å². The summed E-state index contributed by atoms with van der Waals surface area (Å²) in [6.07, 6.45) is 4.78. The van der Waals surface area contributed by atoms with Crippen molar-refractivity contribution in [3.63, 3.8) is 0 Å². The van der Waals surface area contributed by atoms with E-state index in [2.05, 4.69) is 33.9 Å². The van der Waals surface area contributed by atoms with Gasteiger partial charge in [0.15, 0.2) is 0 Å². The lowest BCUT2D eigenvalue weighted by Crippen LogP contribution is -2.10. The fourth-order valence-corrected chi connectivity index (χ4v) is 1.98. The zero-order valence-corrected chi connectivity index (χ0v) is 11.6. The van der Waals surface area contributed by atoms with Gasteiger partial charge in [-0.3, -0.25) is 4.57 Å². The second-order valence-electron chi connectivity index (χ2n) is 4.38. The van der Waals surface area contributed by atoms with Crippen molar-refractivity contribution < 1.29 is 4.74 Å². The topological polar surface area (TPSA) is 39.1 Å². The number of nitrogens with zero attached hydrogens (tertiary/aromatic N) is 2. The monoisotopic (exact) mass is 259 g/mol. The smallest absolute Gasteiger partial charge is 0.207 e. The van der Waals surface area contributed by atoms with Crippen LogP contribution in [0.4, 0.5) is 5.95 Å². The van der Waals surface area contributed by atoms with Crippen molar-refractivity contribution in [2.45, 2.75) is 20.3 Å². The summed E-state index contributed by atoms with van der Waals surface area (Å²) in [6.45, 7) is 6.54. The van der Waals surface area contributed by atoms with Crippen LogP contribution < -0.4 is 5.32 Å². The zero-order valence-electron chi connectivity index (χ0n) is 11.6. The van der Waals surface area contributed by atoms with E-state index >= 15 is 0 Å². The Morgan fingerprint density at radius 3 is 2.95 bits per heavy atom. The molecule has 0 bridgehead atoms. The van der Waals surface area contributed by atoms with Gasteiger partial charge in [-0.1, -0.05) is 18.2 Å². The predicted molar refractivity (Wildman–Crippen MR) is 77.9 cm³/mol. The quantitative estimate of drug-likeness (QED) is 0.777. The van der Waals surface area contributed by atoms with E-state index < -0.39 is 0 Å². The molecular weight excluding hydrogens is 238 g/mol. The third-order valence-electron chi connectivity index (χ3n) is 2.97. The molecule has 1 aromatic carbocycles. The molecule has 0 saturated heterocycles. The Hall–Kier alpha value is -1.81. The van der Waals surface area contributed by atoms with E-state index in [9.17, 15) is 0 Å². The van der Waals surface area contributed by atoms with Crippen molar-refractivity contribution in [1.82, 2.24) is 9.55 Å². The first-order valence-electron chi connectivity index (χ1n) is 6.74. The Morgan fingerprint density at radius 1 is 1.32 bits per heavy atom. The van der Waals surface area contributed by atoms with Crippen molar-refractivity contribution in [2.75, 3.05) is 25.1 Å². The van der Waals surface area contributed by atoms with Crippen molar-refractivity contribution in [1.29, 1.82) is 0 Å². The van der Waals surface area contributed by atoms with Crippen molar-refractivity contribution in [2.24, 2.45) is 0 Å². The largest absolute Gasteiger partial charge is 0.382 e. The summed E-state index contributed by atoms with van der Waals surface area (Å²) >= 11 is 0. The number of anilines is 1. The van der Waals surface area contributed by atoms with E-state index in [1.807, 2.05) is 31.5 Å². The van der Waals surface area contributed by atoms with Gasteiger partial charge in [-0.05, 0) is 31.9 Å². The van der Waals surface area contributed by atoms with Crippen LogP contribution in [0.3, 0.4) is 0 Å². The van der Waals surface area contributed by atoms with Crippen LogP contribution in [0.15, 0.2) is 36.7 Å². The normalized spacial score (nSPS) is 10.6. The Balaban J connectivity index is 2.00. The van der Waals surface area contributed by atoms with E-state index in [4.69, 9.17) is 4.74 Å². The first kappa shape index (κ1) is 13.6. The molecule has 1 aromatic heterocycles. The van der Waals surface area contributed by atoms with Gasteiger partial charge in [0.25, 0.3) is 0 Å². The van der Waals surface area contributed by atoms with Gasteiger partial charge in [0.1, 0.15) is 0 Å². The number of para-hydroxylation sites is 1. The molecule has 0 fully saturated rings. The average Bonchev–Trinajstić information content (AvgIpc) is 2.87. The Bertz CT molecular complexity index is 508. The fraction of sp³-hybridized carbons (Fsp3) is 0.400. The first-order chi connectivity index (χ1) is 9.33. The molecule has 0 aliphatic heterocycles. The second kappa shape index (κ2) is 6.95. The maximum Gasteiger partial charge on any atom is 0.207 e. The predicted octanol–water partition coefficient (Wildman–Crippen LogP) is 3.02. The van der Waals surface area contributed by atoms with Gasteiger partial charge in [-0.25, -0.2) is 4.98 Å². The standard InChI is InChI=1S/C15H21N3O/c1-3-19-12-6-9-16-15-17-10-11-18(15)14-8-5-4-7-13(14)2/h4-5,7-8,10-11H,3,6,9,12H2,1-2H3,(H,16,17).